The number of unbranched alkanes of at least 4 members (excludes halogenated alkanes) is 1. The molecule has 4 heteroatoms. The van der Waals surface area contributed by atoms with Gasteiger partial charge in [-0.25, -0.2) is 0 Å². The second-order valence-electron chi connectivity index (χ2n) is 5.51. The Morgan fingerprint density at radius 1 is 1.25 bits per heavy atom. The van der Waals surface area contributed by atoms with E-state index in [2.05, 4.69) is 34.5 Å². The van der Waals surface area contributed by atoms with Gasteiger partial charge in [0.1, 0.15) is 0 Å². The zero-order chi connectivity index (χ0) is 14.8. The van der Waals surface area contributed by atoms with Crippen LogP contribution in [-0.2, 0) is 6.54 Å². The summed E-state index contributed by atoms with van der Waals surface area (Å²) in [6.45, 7) is 8.21. The zero-order valence-electron chi connectivity index (χ0n) is 13.2. The molecule has 1 aromatic rings. The number of nitrogens with one attached hydrogen (secondary N) is 2. The number of rotatable bonds is 7. The number of hydrogen-bond acceptors (Lipinski definition) is 2. The molecule has 0 bridgehead atoms. The van der Waals surface area contributed by atoms with Gasteiger partial charge in [0.25, 0.3) is 0 Å². The van der Waals surface area contributed by atoms with E-state index < -0.39 is 0 Å². The standard InChI is InChI=1S/C16H28N4/c1-13(2)8-5-6-11-18-16(17-4)19-12-15-10-7-9-14(3)20-15/h7,9-10,13H,5-6,8,11-12H2,1-4H3,(H2,17,18,19). The minimum atomic E-state index is 0.702. The highest BCUT2D eigenvalue weighted by atomic mass is 15.2. The van der Waals surface area contributed by atoms with Crippen LogP contribution in [0, 0.1) is 12.8 Å². The van der Waals surface area contributed by atoms with Crippen LogP contribution in [0.4, 0.5) is 0 Å². The third kappa shape index (κ3) is 7.12. The average Bonchev–Trinajstić information content (AvgIpc) is 2.41. The van der Waals surface area contributed by atoms with Crippen molar-refractivity contribution in [3.63, 3.8) is 0 Å². The molecule has 0 spiro atoms. The molecule has 0 aliphatic carbocycles. The summed E-state index contributed by atoms with van der Waals surface area (Å²) in [5.74, 6) is 1.64. The number of hydrogen-bond donors (Lipinski definition) is 2. The first-order valence-electron chi connectivity index (χ1n) is 7.49. The van der Waals surface area contributed by atoms with Gasteiger partial charge in [0.05, 0.1) is 12.2 Å². The van der Waals surface area contributed by atoms with Crippen molar-refractivity contribution in [3.8, 4) is 0 Å². The Hall–Kier alpha value is -1.58. The Morgan fingerprint density at radius 2 is 2.05 bits per heavy atom. The molecule has 0 aromatic carbocycles. The molecular formula is C16H28N4. The van der Waals surface area contributed by atoms with Crippen LogP contribution in [0.2, 0.25) is 0 Å². The normalized spacial score (nSPS) is 11.8. The summed E-state index contributed by atoms with van der Waals surface area (Å²) >= 11 is 0. The predicted molar refractivity (Wildman–Crippen MR) is 85.9 cm³/mol. The van der Waals surface area contributed by atoms with Crippen molar-refractivity contribution in [2.45, 2.75) is 46.6 Å². The van der Waals surface area contributed by atoms with Crippen LogP contribution in [0.5, 0.6) is 0 Å². The van der Waals surface area contributed by atoms with Crippen LogP contribution in [0.3, 0.4) is 0 Å². The minimum absolute atomic E-state index is 0.702. The van der Waals surface area contributed by atoms with E-state index in [9.17, 15) is 0 Å². The average molecular weight is 276 g/mol. The molecule has 0 aliphatic heterocycles. The first-order chi connectivity index (χ1) is 9.61. The van der Waals surface area contributed by atoms with Crippen molar-refractivity contribution in [1.82, 2.24) is 15.6 Å². The Morgan fingerprint density at radius 3 is 2.70 bits per heavy atom. The number of aliphatic imine (C=N–C) groups is 1. The fraction of sp³-hybridized carbons (Fsp3) is 0.625. The molecule has 0 saturated heterocycles. The maximum Gasteiger partial charge on any atom is 0.191 e. The van der Waals surface area contributed by atoms with Crippen LogP contribution in [0.1, 0.15) is 44.5 Å². The van der Waals surface area contributed by atoms with Gasteiger partial charge in [-0.1, -0.05) is 32.8 Å². The highest BCUT2D eigenvalue weighted by Gasteiger charge is 1.99. The fourth-order valence-corrected chi connectivity index (χ4v) is 1.98. The van der Waals surface area contributed by atoms with Gasteiger partial charge in [-0.3, -0.25) is 9.98 Å². The second-order valence-corrected chi connectivity index (χ2v) is 5.51. The van der Waals surface area contributed by atoms with Crippen LogP contribution in [0.25, 0.3) is 0 Å². The van der Waals surface area contributed by atoms with Crippen molar-refractivity contribution >= 4 is 5.96 Å². The van der Waals surface area contributed by atoms with Gasteiger partial charge in [-0.2, -0.15) is 0 Å². The summed E-state index contributed by atoms with van der Waals surface area (Å²) in [4.78, 5) is 8.69. The number of pyridine rings is 1. The first-order valence-corrected chi connectivity index (χ1v) is 7.49. The smallest absolute Gasteiger partial charge is 0.191 e. The molecule has 2 N–H and O–H groups in total. The van der Waals surface area contributed by atoms with Crippen molar-refractivity contribution in [2.75, 3.05) is 13.6 Å². The molecule has 4 nitrogen and oxygen atoms in total. The molecule has 112 valence electrons. The second kappa shape index (κ2) is 9.34. The highest BCUT2D eigenvalue weighted by molar-refractivity contribution is 5.79. The van der Waals surface area contributed by atoms with Gasteiger partial charge in [-0.15, -0.1) is 0 Å². The molecule has 20 heavy (non-hydrogen) atoms. The van der Waals surface area contributed by atoms with E-state index in [1.165, 1.54) is 19.3 Å². The first kappa shape index (κ1) is 16.5. The van der Waals surface area contributed by atoms with E-state index >= 15 is 0 Å². The third-order valence-corrected chi connectivity index (χ3v) is 3.11. The zero-order valence-corrected chi connectivity index (χ0v) is 13.2. The van der Waals surface area contributed by atoms with Crippen molar-refractivity contribution in [1.29, 1.82) is 0 Å². The summed E-state index contributed by atoms with van der Waals surface area (Å²) in [6, 6.07) is 6.06. The highest BCUT2D eigenvalue weighted by Crippen LogP contribution is 2.05. The van der Waals surface area contributed by atoms with E-state index in [-0.39, 0.29) is 0 Å². The van der Waals surface area contributed by atoms with Gasteiger partial charge in [0, 0.05) is 19.3 Å². The monoisotopic (exact) mass is 276 g/mol. The minimum Gasteiger partial charge on any atom is -0.356 e. The summed E-state index contributed by atoms with van der Waals surface area (Å²) in [6.07, 6.45) is 3.74. The number of nitrogens with zero attached hydrogens (tertiary/aromatic N) is 2. The molecule has 0 unspecified atom stereocenters. The van der Waals surface area contributed by atoms with Gasteiger partial charge in [0.2, 0.25) is 0 Å². The Bertz CT molecular complexity index is 413. The molecule has 1 heterocycles. The quantitative estimate of drug-likeness (QED) is 0.457. The number of aryl methyl sites for hydroxylation is 1. The summed E-state index contributed by atoms with van der Waals surface area (Å²) in [5.41, 5.74) is 2.08. The van der Waals surface area contributed by atoms with E-state index in [1.807, 2.05) is 25.1 Å². The van der Waals surface area contributed by atoms with Crippen molar-refractivity contribution in [2.24, 2.45) is 10.9 Å². The summed E-state index contributed by atoms with van der Waals surface area (Å²) < 4.78 is 0. The summed E-state index contributed by atoms with van der Waals surface area (Å²) in [5, 5.41) is 6.63. The fourth-order valence-electron chi connectivity index (χ4n) is 1.98. The van der Waals surface area contributed by atoms with E-state index in [0.717, 1.165) is 29.8 Å². The lowest BCUT2D eigenvalue weighted by Crippen LogP contribution is -2.37. The number of guanidine groups is 1. The summed E-state index contributed by atoms with van der Waals surface area (Å²) in [7, 11) is 1.80. The lowest BCUT2D eigenvalue weighted by atomic mass is 10.1. The molecule has 0 amide bonds. The third-order valence-electron chi connectivity index (χ3n) is 3.11. The number of aromatic nitrogens is 1. The maximum absolute atomic E-state index is 4.46. The van der Waals surface area contributed by atoms with Crippen molar-refractivity contribution < 1.29 is 0 Å². The Kier molecular flexibility index (Phi) is 7.70. The molecule has 0 saturated carbocycles. The van der Waals surface area contributed by atoms with Crippen LogP contribution < -0.4 is 10.6 Å². The molecule has 0 atom stereocenters. The molecule has 0 radical (unpaired) electrons. The lowest BCUT2D eigenvalue weighted by Gasteiger charge is -2.12. The van der Waals surface area contributed by atoms with Gasteiger partial charge >= 0.3 is 0 Å². The largest absolute Gasteiger partial charge is 0.356 e. The molecule has 1 rings (SSSR count). The van der Waals surface area contributed by atoms with Crippen LogP contribution in [0.15, 0.2) is 23.2 Å². The van der Waals surface area contributed by atoms with E-state index in [4.69, 9.17) is 0 Å². The van der Waals surface area contributed by atoms with Gasteiger partial charge in [-0.05, 0) is 31.4 Å². The van der Waals surface area contributed by atoms with E-state index in [0.29, 0.717) is 6.54 Å². The van der Waals surface area contributed by atoms with Crippen molar-refractivity contribution in [3.05, 3.63) is 29.6 Å². The Balaban J connectivity index is 2.23. The molecular weight excluding hydrogens is 248 g/mol. The molecule has 1 aromatic heterocycles. The van der Waals surface area contributed by atoms with E-state index in [1.54, 1.807) is 7.05 Å². The lowest BCUT2D eigenvalue weighted by molar-refractivity contribution is 0.534. The van der Waals surface area contributed by atoms with Crippen LogP contribution >= 0.6 is 0 Å². The predicted octanol–water partition coefficient (Wildman–Crippen LogP) is 2.88. The topological polar surface area (TPSA) is 49.3 Å². The Labute approximate surface area is 123 Å². The molecule has 0 fully saturated rings. The van der Waals surface area contributed by atoms with Crippen LogP contribution in [-0.4, -0.2) is 24.5 Å². The van der Waals surface area contributed by atoms with Gasteiger partial charge < -0.3 is 10.6 Å². The molecule has 0 aliphatic rings. The SMILES string of the molecule is CN=C(NCCCCC(C)C)NCc1cccc(C)n1. The maximum atomic E-state index is 4.46. The van der Waals surface area contributed by atoms with Gasteiger partial charge in [0.15, 0.2) is 5.96 Å².